The predicted molar refractivity (Wildman–Crippen MR) is 137 cm³/mol. The van der Waals surface area contributed by atoms with E-state index in [4.69, 9.17) is 30.2 Å². The summed E-state index contributed by atoms with van der Waals surface area (Å²) in [6, 6.07) is 9.77. The Morgan fingerprint density at radius 1 is 1.11 bits per heavy atom. The van der Waals surface area contributed by atoms with Gasteiger partial charge in [-0.1, -0.05) is 37.4 Å². The monoisotopic (exact) mass is 511 g/mol. The Bertz CT molecular complexity index is 1330. The molecule has 0 bridgehead atoms. The van der Waals surface area contributed by atoms with Gasteiger partial charge in [-0.3, -0.25) is 9.59 Å². The molecular formula is C28H30ClNO6. The highest BCUT2D eigenvalue weighted by Gasteiger charge is 2.44. The van der Waals surface area contributed by atoms with Crippen molar-refractivity contribution >= 4 is 28.5 Å². The van der Waals surface area contributed by atoms with Crippen molar-refractivity contribution in [2.24, 2.45) is 0 Å². The van der Waals surface area contributed by atoms with Gasteiger partial charge >= 0.3 is 0 Å². The topological polar surface area (TPSA) is 78.2 Å². The standard InChI is InChI=1S/C28H30ClNO6/c1-3-4-5-12-35-22-10-8-17(14-23(22)33-2)25-24-26(31)20-15-18(29)9-11-21(20)36-27(24)28(32)30(25)16-19-7-6-13-34-19/h8-11,14-15,19,25H,3-7,12-13,16H2,1-2H3. The van der Waals surface area contributed by atoms with E-state index in [-0.39, 0.29) is 23.2 Å². The van der Waals surface area contributed by atoms with Crippen molar-refractivity contribution in [1.82, 2.24) is 4.90 Å². The molecular weight excluding hydrogens is 482 g/mol. The maximum absolute atomic E-state index is 13.7. The first-order valence-corrected chi connectivity index (χ1v) is 12.9. The van der Waals surface area contributed by atoms with E-state index in [1.165, 1.54) is 0 Å². The lowest BCUT2D eigenvalue weighted by molar-refractivity contribution is 0.0486. The number of methoxy groups -OCH3 is 1. The lowest BCUT2D eigenvalue weighted by Crippen LogP contribution is -2.36. The summed E-state index contributed by atoms with van der Waals surface area (Å²) in [5, 5.41) is 0.777. The predicted octanol–water partition coefficient (Wildman–Crippen LogP) is 5.75. The molecule has 0 saturated carbocycles. The van der Waals surface area contributed by atoms with Crippen LogP contribution in [0.25, 0.3) is 11.0 Å². The van der Waals surface area contributed by atoms with Gasteiger partial charge in [0.2, 0.25) is 5.76 Å². The molecule has 190 valence electrons. The van der Waals surface area contributed by atoms with Gasteiger partial charge in [0, 0.05) is 18.2 Å². The number of fused-ring (bicyclic) bond motifs is 2. The number of carbonyl (C=O) groups is 1. The molecule has 2 aliphatic rings. The third-order valence-electron chi connectivity index (χ3n) is 6.86. The Kier molecular flexibility index (Phi) is 7.21. The zero-order valence-electron chi connectivity index (χ0n) is 20.6. The summed E-state index contributed by atoms with van der Waals surface area (Å²) in [5.74, 6) is 0.926. The van der Waals surface area contributed by atoms with Crippen molar-refractivity contribution in [3.05, 3.63) is 68.5 Å². The Hall–Kier alpha value is -3.03. The van der Waals surface area contributed by atoms with Gasteiger partial charge in [0.1, 0.15) is 5.58 Å². The lowest BCUT2D eigenvalue weighted by Gasteiger charge is -2.28. The van der Waals surface area contributed by atoms with Gasteiger partial charge < -0.3 is 23.5 Å². The van der Waals surface area contributed by atoms with Gasteiger partial charge in [-0.2, -0.15) is 0 Å². The number of benzene rings is 2. The van der Waals surface area contributed by atoms with Gasteiger partial charge in [0.05, 0.1) is 36.8 Å². The van der Waals surface area contributed by atoms with Crippen LogP contribution in [0.3, 0.4) is 0 Å². The van der Waals surface area contributed by atoms with Crippen LogP contribution in [-0.4, -0.2) is 43.8 Å². The van der Waals surface area contributed by atoms with E-state index >= 15 is 0 Å². The fraction of sp³-hybridized carbons (Fsp3) is 0.429. The van der Waals surface area contributed by atoms with E-state index in [1.807, 2.05) is 18.2 Å². The molecule has 2 aliphatic heterocycles. The summed E-state index contributed by atoms with van der Waals surface area (Å²) >= 11 is 6.18. The second kappa shape index (κ2) is 10.5. The molecule has 2 atom stereocenters. The molecule has 8 heteroatoms. The number of hydrogen-bond donors (Lipinski definition) is 0. The quantitative estimate of drug-likeness (QED) is 0.340. The molecule has 1 amide bonds. The highest BCUT2D eigenvalue weighted by Crippen LogP contribution is 2.41. The maximum atomic E-state index is 13.7. The molecule has 5 rings (SSSR count). The van der Waals surface area contributed by atoms with Gasteiger partial charge in [-0.25, -0.2) is 0 Å². The summed E-state index contributed by atoms with van der Waals surface area (Å²) in [7, 11) is 1.58. The summed E-state index contributed by atoms with van der Waals surface area (Å²) in [5.41, 5.74) is 1.13. The van der Waals surface area contributed by atoms with Crippen molar-refractivity contribution in [2.45, 2.75) is 51.2 Å². The first kappa shape index (κ1) is 24.7. The van der Waals surface area contributed by atoms with Crippen molar-refractivity contribution in [1.29, 1.82) is 0 Å². The van der Waals surface area contributed by atoms with E-state index in [9.17, 15) is 9.59 Å². The molecule has 3 heterocycles. The van der Waals surface area contributed by atoms with Gasteiger partial charge in [0.15, 0.2) is 16.9 Å². The lowest BCUT2D eigenvalue weighted by atomic mass is 9.97. The van der Waals surface area contributed by atoms with Crippen LogP contribution in [0.15, 0.2) is 45.6 Å². The van der Waals surface area contributed by atoms with E-state index in [1.54, 1.807) is 30.2 Å². The first-order chi connectivity index (χ1) is 17.5. The maximum Gasteiger partial charge on any atom is 0.291 e. The van der Waals surface area contributed by atoms with Crippen LogP contribution in [0, 0.1) is 0 Å². The largest absolute Gasteiger partial charge is 0.493 e. The van der Waals surface area contributed by atoms with Crippen molar-refractivity contribution in [3.63, 3.8) is 0 Å². The zero-order valence-corrected chi connectivity index (χ0v) is 21.3. The van der Waals surface area contributed by atoms with Crippen LogP contribution in [-0.2, 0) is 4.74 Å². The van der Waals surface area contributed by atoms with Crippen LogP contribution in [0.4, 0.5) is 0 Å². The molecule has 1 aromatic heterocycles. The number of unbranched alkanes of at least 4 members (excludes halogenated alkanes) is 2. The fourth-order valence-electron chi connectivity index (χ4n) is 5.04. The number of ether oxygens (including phenoxy) is 3. The second-order valence-electron chi connectivity index (χ2n) is 9.28. The molecule has 7 nitrogen and oxygen atoms in total. The van der Waals surface area contributed by atoms with Crippen LogP contribution in [0.1, 0.15) is 66.8 Å². The van der Waals surface area contributed by atoms with E-state index in [0.29, 0.717) is 52.8 Å². The minimum Gasteiger partial charge on any atom is -0.493 e. The average molecular weight is 512 g/mol. The summed E-state index contributed by atoms with van der Waals surface area (Å²) in [6.45, 7) is 3.77. The molecule has 2 unspecified atom stereocenters. The minimum absolute atomic E-state index is 0.0664. The smallest absolute Gasteiger partial charge is 0.291 e. The van der Waals surface area contributed by atoms with Crippen molar-refractivity contribution in [3.8, 4) is 11.5 Å². The molecule has 1 saturated heterocycles. The second-order valence-corrected chi connectivity index (χ2v) is 9.71. The summed E-state index contributed by atoms with van der Waals surface area (Å²) < 4.78 is 23.4. The molecule has 0 aliphatic carbocycles. The van der Waals surface area contributed by atoms with Crippen LogP contribution < -0.4 is 14.9 Å². The Morgan fingerprint density at radius 2 is 1.97 bits per heavy atom. The van der Waals surface area contributed by atoms with Crippen molar-refractivity contribution in [2.75, 3.05) is 26.9 Å². The van der Waals surface area contributed by atoms with Gasteiger partial charge in [0.25, 0.3) is 5.91 Å². The van der Waals surface area contributed by atoms with E-state index in [2.05, 4.69) is 6.92 Å². The Labute approximate surface area is 214 Å². The number of halogens is 1. The molecule has 2 aromatic carbocycles. The number of hydrogen-bond acceptors (Lipinski definition) is 6. The number of carbonyl (C=O) groups excluding carboxylic acids is 1. The third-order valence-corrected chi connectivity index (χ3v) is 7.10. The summed E-state index contributed by atoms with van der Waals surface area (Å²) in [6.07, 6.45) is 4.87. The molecule has 0 N–H and O–H groups in total. The number of nitrogens with zero attached hydrogens (tertiary/aromatic N) is 1. The highest BCUT2D eigenvalue weighted by atomic mass is 35.5. The number of amides is 1. The summed E-state index contributed by atoms with van der Waals surface area (Å²) in [4.78, 5) is 29.0. The molecule has 3 aromatic rings. The Balaban J connectivity index is 1.59. The fourth-order valence-corrected chi connectivity index (χ4v) is 5.21. The van der Waals surface area contributed by atoms with E-state index < -0.39 is 6.04 Å². The highest BCUT2D eigenvalue weighted by molar-refractivity contribution is 6.31. The zero-order chi connectivity index (χ0) is 25.2. The third kappa shape index (κ3) is 4.58. The molecule has 0 spiro atoms. The first-order valence-electron chi connectivity index (χ1n) is 12.5. The molecule has 0 radical (unpaired) electrons. The normalized spacial score (nSPS) is 19.2. The average Bonchev–Trinajstić information content (AvgIpc) is 3.49. The van der Waals surface area contributed by atoms with Crippen LogP contribution in [0.5, 0.6) is 11.5 Å². The SMILES string of the molecule is CCCCCOc1ccc(C2c3c(oc4ccc(Cl)cc4c3=O)C(=O)N2CC2CCCO2)cc1OC. The van der Waals surface area contributed by atoms with Crippen LogP contribution in [0.2, 0.25) is 5.02 Å². The molecule has 36 heavy (non-hydrogen) atoms. The number of rotatable bonds is 9. The van der Waals surface area contributed by atoms with E-state index in [0.717, 1.165) is 37.7 Å². The minimum atomic E-state index is -0.639. The van der Waals surface area contributed by atoms with Gasteiger partial charge in [-0.15, -0.1) is 0 Å². The Morgan fingerprint density at radius 3 is 2.72 bits per heavy atom. The van der Waals surface area contributed by atoms with Crippen molar-refractivity contribution < 1.29 is 23.4 Å². The van der Waals surface area contributed by atoms with Gasteiger partial charge in [-0.05, 0) is 55.2 Å². The molecule has 1 fully saturated rings. The van der Waals surface area contributed by atoms with Crippen LogP contribution >= 0.6 is 11.6 Å².